The van der Waals surface area contributed by atoms with Crippen molar-refractivity contribution in [2.24, 2.45) is 0 Å². The van der Waals surface area contributed by atoms with Crippen molar-refractivity contribution in [1.82, 2.24) is 19.7 Å². The zero-order valence-electron chi connectivity index (χ0n) is 12.5. The van der Waals surface area contributed by atoms with Crippen LogP contribution in [0.2, 0.25) is 0 Å². The number of rotatable bonds is 7. The molecule has 0 bridgehead atoms. The number of hydrogen-bond acceptors (Lipinski definition) is 7. The Morgan fingerprint density at radius 3 is 3.05 bits per heavy atom. The molecule has 3 rings (SSSR count). The van der Waals surface area contributed by atoms with Gasteiger partial charge in [-0.25, -0.2) is 9.97 Å². The van der Waals surface area contributed by atoms with Crippen LogP contribution >= 0.6 is 0 Å². The molecule has 1 fully saturated rings. The number of nitrogens with zero attached hydrogens (tertiary/aromatic N) is 4. The summed E-state index contributed by atoms with van der Waals surface area (Å²) in [7, 11) is 0. The van der Waals surface area contributed by atoms with Gasteiger partial charge in [0.25, 0.3) is 0 Å². The van der Waals surface area contributed by atoms with Gasteiger partial charge in [-0.3, -0.25) is 0 Å². The van der Waals surface area contributed by atoms with E-state index >= 15 is 0 Å². The quantitative estimate of drug-likeness (QED) is 0.761. The molecule has 1 aliphatic heterocycles. The van der Waals surface area contributed by atoms with E-state index in [1.165, 1.54) is 17.4 Å². The minimum atomic E-state index is -0.408. The van der Waals surface area contributed by atoms with Crippen molar-refractivity contribution >= 4 is 11.2 Å². The lowest BCUT2D eigenvalue weighted by atomic mass is 10.2. The largest absolute Gasteiger partial charge is 0.476 e. The van der Waals surface area contributed by atoms with Gasteiger partial charge in [-0.15, -0.1) is 4.73 Å². The Kier molecular flexibility index (Phi) is 4.69. The van der Waals surface area contributed by atoms with Gasteiger partial charge >= 0.3 is 0 Å². The Balaban J connectivity index is 1.73. The van der Waals surface area contributed by atoms with E-state index in [1.807, 2.05) is 0 Å². The van der Waals surface area contributed by atoms with Gasteiger partial charge in [-0.05, 0) is 12.8 Å². The first kappa shape index (κ1) is 15.0. The highest BCUT2D eigenvalue weighted by molar-refractivity contribution is 5.75. The molecular weight excluding hydrogens is 288 g/mol. The van der Waals surface area contributed by atoms with E-state index in [4.69, 9.17) is 19.4 Å². The highest BCUT2D eigenvalue weighted by Crippen LogP contribution is 2.22. The molecule has 2 aromatic heterocycles. The summed E-state index contributed by atoms with van der Waals surface area (Å²) in [6.45, 7) is 2.70. The third kappa shape index (κ3) is 3.12. The lowest BCUT2D eigenvalue weighted by molar-refractivity contribution is -0.140. The maximum atomic E-state index is 9.08. The number of aromatic nitrogens is 4. The minimum absolute atomic E-state index is 0.00211. The van der Waals surface area contributed by atoms with Gasteiger partial charge in [0.05, 0.1) is 19.3 Å². The fourth-order valence-corrected chi connectivity index (χ4v) is 2.30. The SMILES string of the molecule is CCCCOc1ncnc2c1ncn2O[C@@H]1CC[C@@H](CO)O1. The molecule has 3 heterocycles. The maximum Gasteiger partial charge on any atom is 0.245 e. The smallest absolute Gasteiger partial charge is 0.245 e. The lowest BCUT2D eigenvalue weighted by Crippen LogP contribution is -2.26. The molecular formula is C14H20N4O4. The molecule has 1 saturated heterocycles. The van der Waals surface area contributed by atoms with E-state index in [0.717, 1.165) is 25.7 Å². The Hall–Kier alpha value is -1.93. The first-order valence-electron chi connectivity index (χ1n) is 7.56. The average molecular weight is 308 g/mol. The zero-order chi connectivity index (χ0) is 15.4. The van der Waals surface area contributed by atoms with E-state index in [9.17, 15) is 0 Å². The fourth-order valence-electron chi connectivity index (χ4n) is 2.30. The second kappa shape index (κ2) is 6.89. The number of imidazole rings is 1. The second-order valence-electron chi connectivity index (χ2n) is 5.18. The molecule has 1 aliphatic rings. The van der Waals surface area contributed by atoms with Crippen molar-refractivity contribution in [3.63, 3.8) is 0 Å². The van der Waals surface area contributed by atoms with Gasteiger partial charge in [0.2, 0.25) is 17.8 Å². The number of hydrogen-bond donors (Lipinski definition) is 1. The van der Waals surface area contributed by atoms with Crippen LogP contribution in [0.3, 0.4) is 0 Å². The van der Waals surface area contributed by atoms with Crippen molar-refractivity contribution in [2.45, 2.75) is 45.0 Å². The van der Waals surface area contributed by atoms with Gasteiger partial charge in [-0.1, -0.05) is 13.3 Å². The monoisotopic (exact) mass is 308 g/mol. The molecule has 120 valence electrons. The van der Waals surface area contributed by atoms with Crippen LogP contribution in [-0.4, -0.2) is 50.4 Å². The molecule has 8 heteroatoms. The van der Waals surface area contributed by atoms with Crippen LogP contribution in [0.5, 0.6) is 5.88 Å². The Morgan fingerprint density at radius 2 is 2.27 bits per heavy atom. The van der Waals surface area contributed by atoms with Gasteiger partial charge in [0, 0.05) is 6.42 Å². The minimum Gasteiger partial charge on any atom is -0.476 e. The maximum absolute atomic E-state index is 9.08. The molecule has 0 aromatic carbocycles. The van der Waals surface area contributed by atoms with Crippen molar-refractivity contribution in [3.05, 3.63) is 12.7 Å². The van der Waals surface area contributed by atoms with Crippen molar-refractivity contribution in [2.75, 3.05) is 13.2 Å². The summed E-state index contributed by atoms with van der Waals surface area (Å²) in [5, 5.41) is 9.08. The molecule has 0 spiro atoms. The van der Waals surface area contributed by atoms with Crippen LogP contribution in [0.1, 0.15) is 32.6 Å². The van der Waals surface area contributed by atoms with Gasteiger partial charge in [0.15, 0.2) is 5.52 Å². The zero-order valence-corrected chi connectivity index (χ0v) is 12.5. The van der Waals surface area contributed by atoms with E-state index in [2.05, 4.69) is 21.9 Å². The number of ether oxygens (including phenoxy) is 2. The average Bonchev–Trinajstić information content (AvgIpc) is 3.16. The summed E-state index contributed by atoms with van der Waals surface area (Å²) in [4.78, 5) is 18.3. The summed E-state index contributed by atoms with van der Waals surface area (Å²) in [6.07, 6.45) is 5.89. The van der Waals surface area contributed by atoms with Crippen LogP contribution in [0, 0.1) is 0 Å². The molecule has 0 saturated carbocycles. The fraction of sp³-hybridized carbons (Fsp3) is 0.643. The third-order valence-corrected chi connectivity index (χ3v) is 3.51. The molecule has 2 aromatic rings. The van der Waals surface area contributed by atoms with Crippen molar-refractivity contribution in [3.8, 4) is 5.88 Å². The van der Waals surface area contributed by atoms with E-state index in [0.29, 0.717) is 23.7 Å². The predicted octanol–water partition coefficient (Wildman–Crippen LogP) is 0.931. The molecule has 0 radical (unpaired) electrons. The standard InChI is InChI=1S/C14H20N4O4/c1-2-3-6-20-14-12-13(15-8-16-14)18(9-17-12)22-11-5-4-10(7-19)21-11/h8-11,19H,2-7H2,1H3/t10-,11+/m0/s1. The summed E-state index contributed by atoms with van der Waals surface area (Å²) < 4.78 is 12.6. The second-order valence-corrected chi connectivity index (χ2v) is 5.18. The highest BCUT2D eigenvalue weighted by atomic mass is 16.8. The van der Waals surface area contributed by atoms with Crippen molar-refractivity contribution < 1.29 is 19.4 Å². The number of aliphatic hydroxyl groups excluding tert-OH is 1. The normalized spacial score (nSPS) is 21.4. The summed E-state index contributed by atoms with van der Waals surface area (Å²) in [5.41, 5.74) is 1.10. The first-order chi connectivity index (χ1) is 10.8. The molecule has 2 atom stereocenters. The topological polar surface area (TPSA) is 91.5 Å². The van der Waals surface area contributed by atoms with Gasteiger partial charge in [0.1, 0.15) is 12.7 Å². The van der Waals surface area contributed by atoms with Crippen LogP contribution in [0.15, 0.2) is 12.7 Å². The molecule has 1 N–H and O–H groups in total. The van der Waals surface area contributed by atoms with E-state index in [1.54, 1.807) is 0 Å². The summed E-state index contributed by atoms with van der Waals surface area (Å²) >= 11 is 0. The number of fused-ring (bicyclic) bond motifs is 1. The molecule has 0 aliphatic carbocycles. The molecule has 0 unspecified atom stereocenters. The van der Waals surface area contributed by atoms with Crippen LogP contribution in [-0.2, 0) is 4.74 Å². The molecule has 8 nitrogen and oxygen atoms in total. The van der Waals surface area contributed by atoms with E-state index < -0.39 is 6.29 Å². The number of aliphatic hydroxyl groups is 1. The van der Waals surface area contributed by atoms with Gasteiger partial charge in [-0.2, -0.15) is 4.98 Å². The Bertz CT molecular complexity index is 618. The van der Waals surface area contributed by atoms with Crippen LogP contribution < -0.4 is 9.57 Å². The first-order valence-corrected chi connectivity index (χ1v) is 7.56. The Morgan fingerprint density at radius 1 is 1.36 bits per heavy atom. The predicted molar refractivity (Wildman–Crippen MR) is 77.3 cm³/mol. The Labute approximate surface area is 128 Å². The van der Waals surface area contributed by atoms with E-state index in [-0.39, 0.29) is 12.7 Å². The highest BCUT2D eigenvalue weighted by Gasteiger charge is 2.27. The lowest BCUT2D eigenvalue weighted by Gasteiger charge is -2.14. The number of unbranched alkanes of at least 4 members (excludes halogenated alkanes) is 1. The van der Waals surface area contributed by atoms with Crippen LogP contribution in [0.25, 0.3) is 11.2 Å². The summed E-state index contributed by atoms with van der Waals surface area (Å²) in [6, 6.07) is 0. The van der Waals surface area contributed by atoms with Crippen molar-refractivity contribution in [1.29, 1.82) is 0 Å². The molecule has 22 heavy (non-hydrogen) atoms. The summed E-state index contributed by atoms with van der Waals surface area (Å²) in [5.74, 6) is 0.460. The third-order valence-electron chi connectivity index (χ3n) is 3.51. The van der Waals surface area contributed by atoms with Crippen LogP contribution in [0.4, 0.5) is 0 Å². The van der Waals surface area contributed by atoms with Gasteiger partial charge < -0.3 is 19.4 Å². The molecule has 0 amide bonds.